The number of pyridine rings is 4. The maximum absolute atomic E-state index is 11.0. The quantitative estimate of drug-likeness (QED) is 0.128. The first-order valence-electron chi connectivity index (χ1n) is 33.1. The number of nitrogens with zero attached hydrogens (tertiary/aromatic N) is 26. The van der Waals surface area contributed by atoms with Crippen LogP contribution in [-0.4, -0.2) is 164 Å². The summed E-state index contributed by atoms with van der Waals surface area (Å²) in [5, 5.41) is 18.1. The number of hydrogen-bond donors (Lipinski definition) is 2. The Balaban J connectivity index is 0.000000228. The van der Waals surface area contributed by atoms with Gasteiger partial charge < -0.3 is 78.1 Å². The van der Waals surface area contributed by atoms with Gasteiger partial charge in [0.2, 0.25) is 0 Å². The predicted octanol–water partition coefficient (Wildman–Crippen LogP) is 7.37. The average molecular weight is 2290 g/mol. The van der Waals surface area contributed by atoms with Crippen LogP contribution in [0.1, 0.15) is 25.7 Å². The molecule has 0 aliphatic carbocycles. The van der Waals surface area contributed by atoms with Gasteiger partial charge in [-0.1, -0.05) is 12.1 Å². The molecule has 0 unspecified atom stereocenters. The van der Waals surface area contributed by atoms with Gasteiger partial charge in [0.15, 0.2) is 58.2 Å². The minimum Gasteiger partial charge on any atom is 0 e. The Morgan fingerprint density at radius 2 is 0.523 bits per heavy atom. The molecule has 0 amide bonds. The molecule has 14 aromatic rings. The summed E-state index contributed by atoms with van der Waals surface area (Å²) in [5.41, 5.74) is 5.53. The molecular weight excluding hydrogens is 2200 g/mol. The Bertz CT molecular complexity index is 4190. The molecule has 0 bridgehead atoms. The molecule has 0 saturated carbocycles. The van der Waals surface area contributed by atoms with Crippen LogP contribution in [0.3, 0.4) is 0 Å². The van der Waals surface area contributed by atoms with Crippen LogP contribution in [0.5, 0.6) is 0 Å². The van der Waals surface area contributed by atoms with E-state index in [2.05, 4.69) is 79.6 Å². The van der Waals surface area contributed by atoms with Crippen LogP contribution in [0.25, 0.3) is 81.0 Å². The Labute approximate surface area is 705 Å². The van der Waals surface area contributed by atoms with Crippen molar-refractivity contribution in [2.75, 3.05) is 36.0 Å². The fourth-order valence-corrected chi connectivity index (χ4v) is 11.1. The van der Waals surface area contributed by atoms with Gasteiger partial charge in [0.05, 0.1) is 34.6 Å². The summed E-state index contributed by atoms with van der Waals surface area (Å²) >= 11 is -0.639. The zero-order chi connectivity index (χ0) is 74.8. The van der Waals surface area contributed by atoms with Crippen molar-refractivity contribution >= 4 is 42.6 Å². The van der Waals surface area contributed by atoms with Crippen molar-refractivity contribution in [3.8, 4) is 81.0 Å². The van der Waals surface area contributed by atoms with E-state index in [1.807, 2.05) is 239 Å². The van der Waals surface area contributed by atoms with Gasteiger partial charge in [0, 0.05) is 329 Å². The van der Waals surface area contributed by atoms with Crippen LogP contribution in [0.4, 0.5) is 11.4 Å². The number of anilines is 2. The SMILES string of the molecule is Cn1ccnc1-c1nccn1C.Cn1ccnc1-c1nccn1C.Cn1ccnc1-c1nccn1C.Cn1ccnc1-c1nccn1C.Cn1ccnc1-c1nccn1C.O=C(O)C1CCN(c2ccnc(-c3ccccn3)c2)CC1.O=C(O)C1CCN(c2ccnc(-c3ccccn3)c2)CC1.[Cl-].[Cl][Os][Cl].[Os].[U].[W]. The number of carboxylic acid groups (broad SMARTS) is 2. The first-order valence-corrected chi connectivity index (χ1v) is 39.4. The van der Waals surface area contributed by atoms with Crippen LogP contribution in [0.2, 0.25) is 0 Å². The Morgan fingerprint density at radius 1 is 0.330 bits per heavy atom. The predicted molar refractivity (Wildman–Crippen MR) is 399 cm³/mol. The van der Waals surface area contributed by atoms with Crippen molar-refractivity contribution in [3.05, 3.63) is 209 Å². The number of carbonyl (C=O) groups is 2. The van der Waals surface area contributed by atoms with Gasteiger partial charge in [0.1, 0.15) is 0 Å². The fraction of sp³-hybridized carbons (Fsp3) is 0.278. The zero-order valence-corrected chi connectivity index (χ0v) is 76.0. The van der Waals surface area contributed by atoms with E-state index in [1.54, 1.807) is 86.8 Å². The van der Waals surface area contributed by atoms with E-state index >= 15 is 0 Å². The summed E-state index contributed by atoms with van der Waals surface area (Å²) in [5.74, 6) is 7.13. The molecule has 0 atom stereocenters. The summed E-state index contributed by atoms with van der Waals surface area (Å²) in [4.78, 5) is 85.8. The van der Waals surface area contributed by atoms with Crippen LogP contribution < -0.4 is 22.2 Å². The number of aromatic nitrogens is 24. The molecule has 2 aliphatic heterocycles. The molecule has 574 valence electrons. The number of aryl methyl sites for hydroxylation is 10. The van der Waals surface area contributed by atoms with Gasteiger partial charge in [-0.25, -0.2) is 49.8 Å². The van der Waals surface area contributed by atoms with Crippen molar-refractivity contribution in [1.82, 2.24) is 115 Å². The molecule has 109 heavy (non-hydrogen) atoms. The molecule has 37 heteroatoms. The Hall–Kier alpha value is -8.88. The second kappa shape index (κ2) is 45.9. The molecule has 2 N–H and O–H groups in total. The summed E-state index contributed by atoms with van der Waals surface area (Å²) in [6.45, 7) is 3.07. The van der Waals surface area contributed by atoms with Gasteiger partial charge in [-0.15, -0.1) is 0 Å². The number of carboxylic acids is 2. The molecule has 2 aliphatic rings. The van der Waals surface area contributed by atoms with Gasteiger partial charge in [-0.2, -0.15) is 0 Å². The van der Waals surface area contributed by atoms with E-state index in [-0.39, 0.29) is 96.2 Å². The third-order valence-electron chi connectivity index (χ3n) is 17.0. The molecule has 2 saturated heterocycles. The summed E-state index contributed by atoms with van der Waals surface area (Å²) in [6.07, 6.45) is 46.6. The number of hydrogen-bond acceptors (Lipinski definition) is 18. The Morgan fingerprint density at radius 3 is 0.679 bits per heavy atom. The number of imidazole rings is 10. The third kappa shape index (κ3) is 25.6. The van der Waals surface area contributed by atoms with E-state index < -0.39 is 27.3 Å². The van der Waals surface area contributed by atoms with E-state index in [0.29, 0.717) is 25.7 Å². The topological polar surface area (TPSA) is 311 Å². The first-order chi connectivity index (χ1) is 50.8. The minimum absolute atomic E-state index is 0. The summed E-state index contributed by atoms with van der Waals surface area (Å²) < 4.78 is 19.5. The maximum atomic E-state index is 11.0. The van der Waals surface area contributed by atoms with Crippen molar-refractivity contribution in [3.63, 3.8) is 0 Å². The van der Waals surface area contributed by atoms with Gasteiger partial charge in [-0.05, 0) is 74.2 Å². The standard InChI is InChI=1S/2C16H17N3O2.5C8H10N4.3ClH.2Os.U.W/c2*20-16(21)12-5-9-19(10-6-12)13-4-8-18-15(11-13)14-3-1-2-7-17-14;5*1-11-5-3-9-7(11)8-10-4-6-12(8)2;;;;;;;/h2*1-4,7-8,11-12H,5-6,9-10H2,(H,20,21);5*3-6H,1-2H3;3*1H;;;;/q;;;;;;;;;;;+2;;/p-3. The molecule has 16 rings (SSSR count). The Kier molecular flexibility index (Phi) is 38.2. The van der Waals surface area contributed by atoms with Crippen LogP contribution in [0, 0.1) is 42.9 Å². The number of piperidine rings is 2. The van der Waals surface area contributed by atoms with Gasteiger partial charge in [0.25, 0.3) is 0 Å². The molecule has 0 aromatic carbocycles. The smallest absolute Gasteiger partial charge is 0 e. The summed E-state index contributed by atoms with van der Waals surface area (Å²) in [6, 6.07) is 19.5. The minimum atomic E-state index is -0.682. The van der Waals surface area contributed by atoms with E-state index in [4.69, 9.17) is 29.5 Å². The molecular formula is C72H84Cl3N26O4Os2UW-. The monoisotopic (exact) mass is 2290 g/mol. The third-order valence-corrected chi connectivity index (χ3v) is 17.0. The van der Waals surface area contributed by atoms with Gasteiger partial charge in [-0.3, -0.25) is 29.5 Å². The molecule has 16 heterocycles. The second-order valence-electron chi connectivity index (χ2n) is 24.1. The molecule has 14 aromatic heterocycles. The van der Waals surface area contributed by atoms with Crippen LogP contribution in [-0.2, 0) is 136 Å². The maximum Gasteiger partial charge on any atom is 0 e. The van der Waals surface area contributed by atoms with Crippen molar-refractivity contribution in [2.24, 2.45) is 82.3 Å². The number of rotatable bonds is 11. The second-order valence-corrected chi connectivity index (χ2v) is 27.8. The van der Waals surface area contributed by atoms with E-state index in [0.717, 1.165) is 119 Å². The molecule has 0 radical (unpaired) electrons. The van der Waals surface area contributed by atoms with Crippen molar-refractivity contribution in [1.29, 1.82) is 0 Å². The van der Waals surface area contributed by atoms with Crippen LogP contribution in [0.15, 0.2) is 209 Å². The number of halogens is 3. The summed E-state index contributed by atoms with van der Waals surface area (Å²) in [7, 11) is 29.4. The fourth-order valence-electron chi connectivity index (χ4n) is 11.1. The molecule has 2 fully saturated rings. The normalized spacial score (nSPS) is 12.1. The largest absolute Gasteiger partial charge is 0 e. The zero-order valence-electron chi connectivity index (χ0n) is 61.5. The molecule has 30 nitrogen and oxygen atoms in total. The van der Waals surface area contributed by atoms with E-state index in [1.165, 1.54) is 0 Å². The van der Waals surface area contributed by atoms with Crippen molar-refractivity contribution in [2.45, 2.75) is 25.7 Å². The van der Waals surface area contributed by atoms with E-state index in [9.17, 15) is 9.59 Å². The average Bonchev–Trinajstić information content (AvgIpc) is 1.34. The molecule has 0 spiro atoms. The van der Waals surface area contributed by atoms with Gasteiger partial charge >= 0.3 is 46.6 Å². The van der Waals surface area contributed by atoms with Crippen molar-refractivity contribution < 1.29 is 120 Å². The first kappa shape index (κ1) is 90.7. The van der Waals surface area contributed by atoms with Crippen LogP contribution >= 0.6 is 19.3 Å². The number of aliphatic carboxylic acids is 2.